The molecule has 1 aromatic carbocycles. The minimum atomic E-state index is -0.818. The number of furan rings is 1. The van der Waals surface area contributed by atoms with Gasteiger partial charge in [0.25, 0.3) is 5.91 Å². The normalized spacial score (nSPS) is 10.7. The Morgan fingerprint density at radius 1 is 1.36 bits per heavy atom. The SMILES string of the molecule is Cc1c(C(=O)OCC(=O)Nc2cccnc2Cl)oc2ccc(F)cc12. The van der Waals surface area contributed by atoms with Crippen molar-refractivity contribution in [1.29, 1.82) is 0 Å². The van der Waals surface area contributed by atoms with Crippen LogP contribution in [0, 0.1) is 12.7 Å². The van der Waals surface area contributed by atoms with Crippen LogP contribution in [0.5, 0.6) is 0 Å². The number of carbonyl (C=O) groups excluding carboxylic acids is 2. The van der Waals surface area contributed by atoms with Gasteiger partial charge in [0.05, 0.1) is 5.69 Å². The molecule has 0 fully saturated rings. The Labute approximate surface area is 146 Å². The van der Waals surface area contributed by atoms with Gasteiger partial charge in [-0.05, 0) is 37.3 Å². The van der Waals surface area contributed by atoms with Crippen molar-refractivity contribution in [3.05, 3.63) is 58.8 Å². The van der Waals surface area contributed by atoms with Crippen molar-refractivity contribution >= 4 is 40.1 Å². The molecule has 0 aliphatic heterocycles. The average Bonchev–Trinajstić information content (AvgIpc) is 2.91. The van der Waals surface area contributed by atoms with Crippen LogP contribution in [-0.4, -0.2) is 23.5 Å². The second-order valence-electron chi connectivity index (χ2n) is 5.16. The molecule has 128 valence electrons. The molecule has 2 aromatic heterocycles. The van der Waals surface area contributed by atoms with E-state index in [0.717, 1.165) is 0 Å². The van der Waals surface area contributed by atoms with Crippen molar-refractivity contribution in [1.82, 2.24) is 4.98 Å². The molecule has 0 spiro atoms. The molecule has 0 saturated heterocycles. The van der Waals surface area contributed by atoms with Gasteiger partial charge in [0.1, 0.15) is 11.4 Å². The Balaban J connectivity index is 1.67. The molecular formula is C17H12ClFN2O4. The molecule has 6 nitrogen and oxygen atoms in total. The van der Waals surface area contributed by atoms with E-state index in [4.69, 9.17) is 20.8 Å². The van der Waals surface area contributed by atoms with E-state index in [1.165, 1.54) is 24.4 Å². The summed E-state index contributed by atoms with van der Waals surface area (Å²) in [5.74, 6) is -1.92. The first-order valence-corrected chi connectivity index (χ1v) is 7.59. The standard InChI is InChI=1S/C17H12ClFN2O4/c1-9-11-7-10(19)4-5-13(11)25-15(9)17(23)24-8-14(22)21-12-3-2-6-20-16(12)18/h2-7H,8H2,1H3,(H,21,22). The van der Waals surface area contributed by atoms with E-state index in [0.29, 0.717) is 22.2 Å². The Morgan fingerprint density at radius 3 is 2.92 bits per heavy atom. The van der Waals surface area contributed by atoms with Crippen molar-refractivity contribution in [3.63, 3.8) is 0 Å². The highest BCUT2D eigenvalue weighted by Gasteiger charge is 2.20. The third-order valence-corrected chi connectivity index (χ3v) is 3.75. The first-order valence-electron chi connectivity index (χ1n) is 7.22. The number of carbonyl (C=O) groups is 2. The van der Waals surface area contributed by atoms with Crippen molar-refractivity contribution in [2.24, 2.45) is 0 Å². The maximum atomic E-state index is 13.3. The van der Waals surface area contributed by atoms with Gasteiger partial charge >= 0.3 is 5.97 Å². The Bertz CT molecular complexity index is 970. The van der Waals surface area contributed by atoms with Crippen LogP contribution in [0.4, 0.5) is 10.1 Å². The number of nitrogens with zero attached hydrogens (tertiary/aromatic N) is 1. The number of halogens is 2. The van der Waals surface area contributed by atoms with Crippen molar-refractivity contribution in [3.8, 4) is 0 Å². The molecule has 25 heavy (non-hydrogen) atoms. The van der Waals surface area contributed by atoms with Gasteiger partial charge in [-0.25, -0.2) is 14.2 Å². The van der Waals surface area contributed by atoms with Gasteiger partial charge in [-0.15, -0.1) is 0 Å². The van der Waals surface area contributed by atoms with Crippen LogP contribution in [0.1, 0.15) is 16.1 Å². The van der Waals surface area contributed by atoms with Gasteiger partial charge < -0.3 is 14.5 Å². The summed E-state index contributed by atoms with van der Waals surface area (Å²) in [6.45, 7) is 1.08. The van der Waals surface area contributed by atoms with Gasteiger partial charge in [0.2, 0.25) is 5.76 Å². The molecule has 0 unspecified atom stereocenters. The first-order chi connectivity index (χ1) is 12.0. The predicted molar refractivity (Wildman–Crippen MR) is 89.1 cm³/mol. The summed E-state index contributed by atoms with van der Waals surface area (Å²) in [7, 11) is 0. The number of aryl methyl sites for hydroxylation is 1. The molecular weight excluding hydrogens is 351 g/mol. The number of benzene rings is 1. The van der Waals surface area contributed by atoms with Crippen LogP contribution in [0.2, 0.25) is 5.15 Å². The largest absolute Gasteiger partial charge is 0.450 e. The minimum absolute atomic E-state index is 0.0761. The number of aromatic nitrogens is 1. The van der Waals surface area contributed by atoms with E-state index in [1.807, 2.05) is 0 Å². The molecule has 3 rings (SSSR count). The van der Waals surface area contributed by atoms with Gasteiger partial charge in [0.15, 0.2) is 11.8 Å². The maximum Gasteiger partial charge on any atom is 0.375 e. The van der Waals surface area contributed by atoms with E-state index >= 15 is 0 Å². The number of hydrogen-bond donors (Lipinski definition) is 1. The summed E-state index contributed by atoms with van der Waals surface area (Å²) in [5.41, 5.74) is 1.10. The van der Waals surface area contributed by atoms with Crippen LogP contribution >= 0.6 is 11.6 Å². The number of nitrogens with one attached hydrogen (secondary N) is 1. The zero-order valence-electron chi connectivity index (χ0n) is 13.0. The number of amides is 1. The first kappa shape index (κ1) is 16.9. The van der Waals surface area contributed by atoms with Crippen molar-refractivity contribution in [2.75, 3.05) is 11.9 Å². The zero-order valence-corrected chi connectivity index (χ0v) is 13.8. The van der Waals surface area contributed by atoms with Crippen LogP contribution in [0.15, 0.2) is 40.9 Å². The Kier molecular flexibility index (Phi) is 4.67. The summed E-state index contributed by atoms with van der Waals surface area (Å²) in [5, 5.41) is 3.07. The van der Waals surface area contributed by atoms with Gasteiger partial charge in [-0.3, -0.25) is 4.79 Å². The fourth-order valence-electron chi connectivity index (χ4n) is 2.25. The van der Waals surface area contributed by atoms with E-state index in [9.17, 15) is 14.0 Å². The Hall–Kier alpha value is -2.93. The second-order valence-corrected chi connectivity index (χ2v) is 5.52. The highest BCUT2D eigenvalue weighted by Crippen LogP contribution is 2.26. The zero-order chi connectivity index (χ0) is 18.0. The lowest BCUT2D eigenvalue weighted by atomic mass is 10.1. The summed E-state index contributed by atoms with van der Waals surface area (Å²) >= 11 is 5.83. The van der Waals surface area contributed by atoms with Crippen LogP contribution in [0.25, 0.3) is 11.0 Å². The number of hydrogen-bond acceptors (Lipinski definition) is 5. The van der Waals surface area contributed by atoms with Crippen LogP contribution in [-0.2, 0) is 9.53 Å². The number of anilines is 1. The molecule has 0 bridgehead atoms. The number of rotatable bonds is 4. The average molecular weight is 363 g/mol. The number of esters is 1. The van der Waals surface area contributed by atoms with E-state index in [2.05, 4.69) is 10.3 Å². The summed E-state index contributed by atoms with van der Waals surface area (Å²) in [4.78, 5) is 27.8. The third kappa shape index (κ3) is 3.61. The highest BCUT2D eigenvalue weighted by molar-refractivity contribution is 6.32. The molecule has 0 saturated carbocycles. The Morgan fingerprint density at radius 2 is 2.16 bits per heavy atom. The summed E-state index contributed by atoms with van der Waals surface area (Å²) in [6, 6.07) is 7.08. The molecule has 8 heteroatoms. The molecule has 3 aromatic rings. The van der Waals surface area contributed by atoms with Gasteiger partial charge in [-0.1, -0.05) is 11.6 Å². The molecule has 0 aliphatic rings. The fraction of sp³-hybridized carbons (Fsp3) is 0.118. The molecule has 0 aliphatic carbocycles. The predicted octanol–water partition coefficient (Wildman–Crippen LogP) is 3.72. The minimum Gasteiger partial charge on any atom is -0.450 e. The smallest absolute Gasteiger partial charge is 0.375 e. The second kappa shape index (κ2) is 6.90. The lowest BCUT2D eigenvalue weighted by Gasteiger charge is -2.06. The van der Waals surface area contributed by atoms with Gasteiger partial charge in [-0.2, -0.15) is 0 Å². The van der Waals surface area contributed by atoms with E-state index < -0.39 is 24.3 Å². The summed E-state index contributed by atoms with van der Waals surface area (Å²) < 4.78 is 23.6. The molecule has 0 atom stereocenters. The van der Waals surface area contributed by atoms with Crippen LogP contribution < -0.4 is 5.32 Å². The molecule has 2 heterocycles. The maximum absolute atomic E-state index is 13.3. The quantitative estimate of drug-likeness (QED) is 0.565. The molecule has 1 amide bonds. The monoisotopic (exact) mass is 362 g/mol. The molecule has 1 N–H and O–H groups in total. The topological polar surface area (TPSA) is 81.4 Å². The lowest BCUT2D eigenvalue weighted by Crippen LogP contribution is -2.21. The van der Waals surface area contributed by atoms with Gasteiger partial charge in [0, 0.05) is 17.1 Å². The third-order valence-electron chi connectivity index (χ3n) is 3.45. The number of pyridine rings is 1. The van der Waals surface area contributed by atoms with Crippen molar-refractivity contribution < 1.29 is 23.1 Å². The fourth-order valence-corrected chi connectivity index (χ4v) is 2.42. The van der Waals surface area contributed by atoms with Crippen LogP contribution in [0.3, 0.4) is 0 Å². The number of fused-ring (bicyclic) bond motifs is 1. The van der Waals surface area contributed by atoms with E-state index in [1.54, 1.807) is 19.1 Å². The number of ether oxygens (including phenoxy) is 1. The highest BCUT2D eigenvalue weighted by atomic mass is 35.5. The summed E-state index contributed by atoms with van der Waals surface area (Å²) in [6.07, 6.45) is 1.48. The van der Waals surface area contributed by atoms with E-state index in [-0.39, 0.29) is 10.9 Å². The van der Waals surface area contributed by atoms with Crippen molar-refractivity contribution in [2.45, 2.75) is 6.92 Å². The lowest BCUT2D eigenvalue weighted by molar-refractivity contribution is -0.119. The molecule has 0 radical (unpaired) electrons.